The first kappa shape index (κ1) is 24.0. The molecule has 2 aromatic rings. The summed E-state index contributed by atoms with van der Waals surface area (Å²) in [5.41, 5.74) is 0.489. The Morgan fingerprint density at radius 1 is 1.06 bits per heavy atom. The van der Waals surface area contributed by atoms with Crippen molar-refractivity contribution in [3.05, 3.63) is 52.6 Å². The largest absolute Gasteiger partial charge is 0.444 e. The minimum Gasteiger partial charge on any atom is -0.444 e. The lowest BCUT2D eigenvalue weighted by Crippen LogP contribution is -2.50. The minimum atomic E-state index is -0.533. The van der Waals surface area contributed by atoms with Crippen LogP contribution in [0.5, 0.6) is 0 Å². The number of hydrogen-bond acceptors (Lipinski definition) is 5. The molecule has 0 spiro atoms. The average Bonchev–Trinajstić information content (AvgIpc) is 2.74. The molecule has 0 unspecified atom stereocenters. The predicted molar refractivity (Wildman–Crippen MR) is 126 cm³/mol. The van der Waals surface area contributed by atoms with Crippen LogP contribution < -0.4 is 15.5 Å². The Balaban J connectivity index is 1.64. The Labute approximate surface area is 197 Å². The fourth-order valence-corrected chi connectivity index (χ4v) is 3.92. The molecule has 0 atom stereocenters. The highest BCUT2D eigenvalue weighted by atomic mass is 79.9. The van der Waals surface area contributed by atoms with Crippen molar-refractivity contribution in [1.82, 2.24) is 20.8 Å². The minimum absolute atomic E-state index is 0.0198. The molecule has 3 amide bonds. The zero-order valence-corrected chi connectivity index (χ0v) is 20.3. The van der Waals surface area contributed by atoms with E-state index in [1.807, 2.05) is 51.1 Å². The summed E-state index contributed by atoms with van der Waals surface area (Å²) >= 11 is 3.30. The Kier molecular flexibility index (Phi) is 8.06. The molecule has 1 aliphatic rings. The number of carbonyl (C=O) groups is 2. The summed E-state index contributed by atoms with van der Waals surface area (Å²) in [6.07, 6.45) is 2.55. The lowest BCUT2D eigenvalue weighted by molar-refractivity contribution is 0.0491. The SMILES string of the molecule is CC(C)(C)OC(=O)NC1CCC(N(C(=O)NCc2ccccc2)c2ccc(Br)nn2)CC1. The second kappa shape index (κ2) is 10.8. The molecule has 9 heteroatoms. The molecular weight excluding hydrogens is 474 g/mol. The van der Waals surface area contributed by atoms with Gasteiger partial charge in [0, 0.05) is 18.6 Å². The molecule has 0 saturated heterocycles. The van der Waals surface area contributed by atoms with Gasteiger partial charge in [-0.15, -0.1) is 10.2 Å². The molecule has 8 nitrogen and oxygen atoms in total. The molecule has 0 radical (unpaired) electrons. The fraction of sp³-hybridized carbons (Fsp3) is 0.478. The summed E-state index contributed by atoms with van der Waals surface area (Å²) in [5, 5.41) is 14.2. The number of ether oxygens (including phenoxy) is 1. The van der Waals surface area contributed by atoms with Crippen LogP contribution >= 0.6 is 15.9 Å². The lowest BCUT2D eigenvalue weighted by atomic mass is 9.90. The van der Waals surface area contributed by atoms with Gasteiger partial charge in [0.2, 0.25) is 0 Å². The highest BCUT2D eigenvalue weighted by Gasteiger charge is 2.32. The maximum Gasteiger partial charge on any atom is 0.407 e. The third kappa shape index (κ3) is 7.19. The first-order chi connectivity index (χ1) is 15.2. The van der Waals surface area contributed by atoms with Gasteiger partial charge in [0.1, 0.15) is 10.2 Å². The van der Waals surface area contributed by atoms with Crippen molar-refractivity contribution < 1.29 is 14.3 Å². The summed E-state index contributed by atoms with van der Waals surface area (Å²) in [6.45, 7) is 5.95. The van der Waals surface area contributed by atoms with Crippen molar-refractivity contribution in [2.75, 3.05) is 4.90 Å². The topological polar surface area (TPSA) is 96.5 Å². The van der Waals surface area contributed by atoms with Crippen LogP contribution in [0, 0.1) is 0 Å². The third-order valence-electron chi connectivity index (χ3n) is 5.15. The van der Waals surface area contributed by atoms with E-state index in [0.717, 1.165) is 31.2 Å². The number of halogens is 1. The van der Waals surface area contributed by atoms with E-state index in [1.165, 1.54) is 0 Å². The van der Waals surface area contributed by atoms with Gasteiger partial charge in [0.25, 0.3) is 0 Å². The van der Waals surface area contributed by atoms with Crippen LogP contribution in [-0.2, 0) is 11.3 Å². The Morgan fingerprint density at radius 3 is 2.34 bits per heavy atom. The van der Waals surface area contributed by atoms with Crippen molar-refractivity contribution in [3.8, 4) is 0 Å². The maximum atomic E-state index is 13.2. The number of amides is 3. The number of rotatable bonds is 5. The first-order valence-corrected chi connectivity index (χ1v) is 11.6. The molecule has 0 bridgehead atoms. The van der Waals surface area contributed by atoms with Gasteiger partial charge in [0.05, 0.1) is 0 Å². The number of carbonyl (C=O) groups excluding carboxylic acids is 2. The van der Waals surface area contributed by atoms with E-state index >= 15 is 0 Å². The Bertz CT molecular complexity index is 894. The molecule has 172 valence electrons. The highest BCUT2D eigenvalue weighted by Crippen LogP contribution is 2.27. The van der Waals surface area contributed by atoms with E-state index < -0.39 is 11.7 Å². The maximum absolute atomic E-state index is 13.2. The number of anilines is 1. The second-order valence-corrected chi connectivity index (χ2v) is 9.69. The van der Waals surface area contributed by atoms with Gasteiger partial charge < -0.3 is 15.4 Å². The van der Waals surface area contributed by atoms with Crippen LogP contribution in [0.2, 0.25) is 0 Å². The lowest BCUT2D eigenvalue weighted by Gasteiger charge is -2.36. The van der Waals surface area contributed by atoms with Crippen molar-refractivity contribution in [2.45, 2.75) is 70.7 Å². The van der Waals surface area contributed by atoms with Crippen molar-refractivity contribution >= 4 is 33.9 Å². The van der Waals surface area contributed by atoms with E-state index in [-0.39, 0.29) is 18.1 Å². The van der Waals surface area contributed by atoms with Crippen LogP contribution in [0.4, 0.5) is 15.4 Å². The molecule has 1 aromatic heterocycles. The van der Waals surface area contributed by atoms with Crippen LogP contribution in [0.1, 0.15) is 52.0 Å². The second-order valence-electron chi connectivity index (χ2n) is 8.88. The molecule has 3 rings (SSSR count). The summed E-state index contributed by atoms with van der Waals surface area (Å²) in [6, 6.07) is 13.1. The molecule has 2 N–H and O–H groups in total. The van der Waals surface area contributed by atoms with Crippen LogP contribution in [0.25, 0.3) is 0 Å². The smallest absolute Gasteiger partial charge is 0.407 e. The summed E-state index contributed by atoms with van der Waals surface area (Å²) in [4.78, 5) is 26.9. The summed E-state index contributed by atoms with van der Waals surface area (Å²) in [5.74, 6) is 0.502. The number of hydrogen-bond donors (Lipinski definition) is 2. The molecule has 0 aliphatic heterocycles. The van der Waals surface area contributed by atoms with Crippen LogP contribution in [0.15, 0.2) is 47.1 Å². The van der Waals surface area contributed by atoms with E-state index in [0.29, 0.717) is 17.0 Å². The number of aromatic nitrogens is 2. The first-order valence-electron chi connectivity index (χ1n) is 10.8. The van der Waals surface area contributed by atoms with Gasteiger partial charge >= 0.3 is 12.1 Å². The van der Waals surface area contributed by atoms with Gasteiger partial charge in [-0.05, 0) is 80.1 Å². The molecule has 1 fully saturated rings. The van der Waals surface area contributed by atoms with Crippen LogP contribution in [0.3, 0.4) is 0 Å². The number of urea groups is 1. The van der Waals surface area contributed by atoms with E-state index in [2.05, 4.69) is 36.8 Å². The van der Waals surface area contributed by atoms with E-state index in [4.69, 9.17) is 4.74 Å². The molecule has 1 saturated carbocycles. The van der Waals surface area contributed by atoms with Gasteiger partial charge in [-0.3, -0.25) is 4.90 Å². The normalized spacial score (nSPS) is 18.5. The molecule has 32 heavy (non-hydrogen) atoms. The number of benzene rings is 1. The highest BCUT2D eigenvalue weighted by molar-refractivity contribution is 9.10. The summed E-state index contributed by atoms with van der Waals surface area (Å²) < 4.78 is 5.97. The Hall–Kier alpha value is -2.68. The fourth-order valence-electron chi connectivity index (χ4n) is 3.71. The number of alkyl carbamates (subject to hydrolysis) is 1. The summed E-state index contributed by atoms with van der Waals surface area (Å²) in [7, 11) is 0. The van der Waals surface area contributed by atoms with Crippen molar-refractivity contribution in [3.63, 3.8) is 0 Å². The van der Waals surface area contributed by atoms with Gasteiger partial charge in [-0.25, -0.2) is 9.59 Å². The zero-order chi connectivity index (χ0) is 23.1. The zero-order valence-electron chi connectivity index (χ0n) is 18.7. The Morgan fingerprint density at radius 2 is 1.75 bits per heavy atom. The molecule has 1 heterocycles. The quantitative estimate of drug-likeness (QED) is 0.611. The molecular formula is C23H30BrN5O3. The van der Waals surface area contributed by atoms with Crippen LogP contribution in [-0.4, -0.2) is 40.0 Å². The monoisotopic (exact) mass is 503 g/mol. The average molecular weight is 504 g/mol. The van der Waals surface area contributed by atoms with Crippen molar-refractivity contribution in [1.29, 1.82) is 0 Å². The van der Waals surface area contributed by atoms with E-state index in [1.54, 1.807) is 17.0 Å². The molecule has 1 aliphatic carbocycles. The van der Waals surface area contributed by atoms with Gasteiger partial charge in [-0.1, -0.05) is 30.3 Å². The number of nitrogens with zero attached hydrogens (tertiary/aromatic N) is 3. The van der Waals surface area contributed by atoms with Crippen molar-refractivity contribution in [2.24, 2.45) is 0 Å². The van der Waals surface area contributed by atoms with Gasteiger partial charge in [-0.2, -0.15) is 0 Å². The molecule has 1 aromatic carbocycles. The number of nitrogens with one attached hydrogen (secondary N) is 2. The standard InChI is InChI=1S/C23H30BrN5O3/c1-23(2,3)32-22(31)26-17-9-11-18(12-10-17)29(20-14-13-19(24)27-28-20)21(30)25-15-16-7-5-4-6-8-16/h4-8,13-14,17-18H,9-12,15H2,1-3H3,(H,25,30)(H,26,31). The predicted octanol–water partition coefficient (Wildman–Crippen LogP) is 4.79. The third-order valence-corrected chi connectivity index (χ3v) is 5.58. The van der Waals surface area contributed by atoms with E-state index in [9.17, 15) is 9.59 Å². The van der Waals surface area contributed by atoms with Gasteiger partial charge in [0.15, 0.2) is 5.82 Å².